The van der Waals surface area contributed by atoms with Gasteiger partial charge in [-0.25, -0.2) is 0 Å². The predicted octanol–water partition coefficient (Wildman–Crippen LogP) is 3.02. The van der Waals surface area contributed by atoms with E-state index in [1.54, 1.807) is 68.5 Å². The maximum atomic E-state index is 12.9. The van der Waals surface area contributed by atoms with E-state index in [2.05, 4.69) is 5.32 Å². The molecular formula is C21H25Cl2N3O3. The molecule has 6 nitrogen and oxygen atoms in total. The third-order valence-corrected chi connectivity index (χ3v) is 4.61. The number of ketones is 1. The van der Waals surface area contributed by atoms with E-state index in [1.165, 1.54) is 4.90 Å². The Morgan fingerprint density at radius 3 is 2.31 bits per heavy atom. The monoisotopic (exact) mass is 437 g/mol. The highest BCUT2D eigenvalue weighted by Gasteiger charge is 2.21. The van der Waals surface area contributed by atoms with Crippen molar-refractivity contribution >= 4 is 47.3 Å². The van der Waals surface area contributed by atoms with E-state index >= 15 is 0 Å². The standard InChI is InChI=1S/C21H24ClN3O3.ClH/c1-23-19(26)11-12-24(2)14-20(27)25(3)18-10-9-16(22)13-17(18)21(28)15-7-5-4-6-8-15;/h4-10,13H,11-12,14H2,1-3H3,(H,23,26);1H. The van der Waals surface area contributed by atoms with Crippen LogP contribution in [0.5, 0.6) is 0 Å². The number of nitrogens with zero attached hydrogens (tertiary/aromatic N) is 2. The van der Waals surface area contributed by atoms with Gasteiger partial charge in [0.15, 0.2) is 5.78 Å². The zero-order valence-corrected chi connectivity index (χ0v) is 18.2. The fraction of sp³-hybridized carbons (Fsp3) is 0.286. The fourth-order valence-corrected chi connectivity index (χ4v) is 2.87. The van der Waals surface area contributed by atoms with Gasteiger partial charge in [-0.3, -0.25) is 19.3 Å². The highest BCUT2D eigenvalue weighted by molar-refractivity contribution is 6.31. The molecule has 0 aliphatic heterocycles. The van der Waals surface area contributed by atoms with Crippen molar-refractivity contribution in [3.63, 3.8) is 0 Å². The SMILES string of the molecule is CNC(=O)CCN(C)CC(=O)N(C)c1ccc(Cl)cc1C(=O)c1ccccc1.Cl. The summed E-state index contributed by atoms with van der Waals surface area (Å²) in [5, 5.41) is 2.97. The van der Waals surface area contributed by atoms with E-state index in [1.807, 2.05) is 6.07 Å². The summed E-state index contributed by atoms with van der Waals surface area (Å²) in [5.74, 6) is -0.476. The van der Waals surface area contributed by atoms with Crippen molar-refractivity contribution in [2.24, 2.45) is 0 Å². The number of hydrogen-bond acceptors (Lipinski definition) is 4. The van der Waals surface area contributed by atoms with Crippen molar-refractivity contribution in [3.05, 3.63) is 64.7 Å². The molecule has 0 heterocycles. The van der Waals surface area contributed by atoms with Gasteiger partial charge in [0.1, 0.15) is 0 Å². The summed E-state index contributed by atoms with van der Waals surface area (Å²) in [6.45, 7) is 0.574. The van der Waals surface area contributed by atoms with Crippen LogP contribution >= 0.6 is 24.0 Å². The Labute approximate surface area is 182 Å². The third-order valence-electron chi connectivity index (χ3n) is 4.38. The summed E-state index contributed by atoms with van der Waals surface area (Å²) in [6, 6.07) is 13.7. The Morgan fingerprint density at radius 1 is 1.03 bits per heavy atom. The molecule has 0 aliphatic carbocycles. The lowest BCUT2D eigenvalue weighted by atomic mass is 10.0. The van der Waals surface area contributed by atoms with Gasteiger partial charge in [-0.1, -0.05) is 41.9 Å². The van der Waals surface area contributed by atoms with E-state index in [-0.39, 0.29) is 36.5 Å². The molecule has 0 radical (unpaired) electrons. The van der Waals surface area contributed by atoms with Crippen LogP contribution in [0.3, 0.4) is 0 Å². The first kappa shape index (κ1) is 24.6. The normalized spacial score (nSPS) is 10.2. The smallest absolute Gasteiger partial charge is 0.240 e. The first-order chi connectivity index (χ1) is 13.3. The van der Waals surface area contributed by atoms with Crippen molar-refractivity contribution < 1.29 is 14.4 Å². The van der Waals surface area contributed by atoms with Gasteiger partial charge in [-0.05, 0) is 25.2 Å². The van der Waals surface area contributed by atoms with Crippen molar-refractivity contribution in [1.29, 1.82) is 0 Å². The van der Waals surface area contributed by atoms with E-state index in [0.717, 1.165) is 0 Å². The van der Waals surface area contributed by atoms with Crippen LogP contribution in [0, 0.1) is 0 Å². The number of carbonyl (C=O) groups is 3. The van der Waals surface area contributed by atoms with Gasteiger partial charge >= 0.3 is 0 Å². The molecule has 0 fully saturated rings. The number of benzene rings is 2. The number of halogens is 2. The van der Waals surface area contributed by atoms with Crippen LogP contribution in [0.2, 0.25) is 5.02 Å². The van der Waals surface area contributed by atoms with Crippen LogP contribution in [0.1, 0.15) is 22.3 Å². The highest BCUT2D eigenvalue weighted by atomic mass is 35.5. The summed E-state index contributed by atoms with van der Waals surface area (Å²) in [4.78, 5) is 40.2. The van der Waals surface area contributed by atoms with E-state index in [4.69, 9.17) is 11.6 Å². The Hall–Kier alpha value is -2.41. The molecule has 2 aromatic rings. The summed E-state index contributed by atoms with van der Waals surface area (Å²) in [7, 11) is 4.97. The number of carbonyl (C=O) groups excluding carboxylic acids is 3. The Bertz CT molecular complexity index is 860. The number of nitrogens with one attached hydrogen (secondary N) is 1. The number of amides is 2. The molecule has 0 spiro atoms. The molecule has 2 aromatic carbocycles. The lowest BCUT2D eigenvalue weighted by Gasteiger charge is -2.23. The molecule has 0 saturated carbocycles. The van der Waals surface area contributed by atoms with Crippen LogP contribution < -0.4 is 10.2 Å². The summed E-state index contributed by atoms with van der Waals surface area (Å²) in [6.07, 6.45) is 0.308. The maximum absolute atomic E-state index is 12.9. The molecule has 1 N–H and O–H groups in total. The Morgan fingerprint density at radius 2 is 1.69 bits per heavy atom. The number of rotatable bonds is 8. The molecule has 2 rings (SSSR count). The minimum atomic E-state index is -0.203. The molecule has 0 saturated heterocycles. The van der Waals surface area contributed by atoms with Gasteiger partial charge in [0.25, 0.3) is 0 Å². The van der Waals surface area contributed by atoms with Gasteiger partial charge in [-0.15, -0.1) is 12.4 Å². The molecule has 0 aliphatic rings. The predicted molar refractivity (Wildman–Crippen MR) is 118 cm³/mol. The summed E-state index contributed by atoms with van der Waals surface area (Å²) < 4.78 is 0. The van der Waals surface area contributed by atoms with Crippen LogP contribution in [-0.4, -0.2) is 56.7 Å². The molecule has 0 aromatic heterocycles. The first-order valence-corrected chi connectivity index (χ1v) is 9.26. The second-order valence-corrected chi connectivity index (χ2v) is 6.91. The summed E-state index contributed by atoms with van der Waals surface area (Å²) in [5.41, 5.74) is 1.38. The van der Waals surface area contributed by atoms with Crippen molar-refractivity contribution in [1.82, 2.24) is 10.2 Å². The summed E-state index contributed by atoms with van der Waals surface area (Å²) >= 11 is 6.10. The molecule has 0 unspecified atom stereocenters. The first-order valence-electron chi connectivity index (χ1n) is 8.88. The van der Waals surface area contributed by atoms with E-state index < -0.39 is 0 Å². The maximum Gasteiger partial charge on any atom is 0.240 e. The van der Waals surface area contributed by atoms with Crippen LogP contribution in [0.25, 0.3) is 0 Å². The van der Waals surface area contributed by atoms with Gasteiger partial charge in [0, 0.05) is 43.2 Å². The molecule has 29 heavy (non-hydrogen) atoms. The quantitative estimate of drug-likeness (QED) is 0.644. The zero-order chi connectivity index (χ0) is 20.7. The second kappa shape index (κ2) is 11.6. The average Bonchev–Trinajstić information content (AvgIpc) is 2.71. The largest absolute Gasteiger partial charge is 0.359 e. The lowest BCUT2D eigenvalue weighted by molar-refractivity contribution is -0.122. The van der Waals surface area contributed by atoms with Crippen molar-refractivity contribution in [2.45, 2.75) is 6.42 Å². The highest BCUT2D eigenvalue weighted by Crippen LogP contribution is 2.26. The Kier molecular flexibility index (Phi) is 9.81. The van der Waals surface area contributed by atoms with Gasteiger partial charge in [-0.2, -0.15) is 0 Å². The fourth-order valence-electron chi connectivity index (χ4n) is 2.70. The molecular weight excluding hydrogens is 413 g/mol. The van der Waals surface area contributed by atoms with Crippen LogP contribution in [0.4, 0.5) is 5.69 Å². The third kappa shape index (κ3) is 6.85. The van der Waals surface area contributed by atoms with Crippen molar-refractivity contribution in [3.8, 4) is 0 Å². The number of anilines is 1. The molecule has 0 bridgehead atoms. The molecule has 0 atom stereocenters. The van der Waals surface area contributed by atoms with E-state index in [0.29, 0.717) is 34.8 Å². The van der Waals surface area contributed by atoms with Crippen molar-refractivity contribution in [2.75, 3.05) is 39.1 Å². The van der Waals surface area contributed by atoms with Gasteiger partial charge < -0.3 is 10.2 Å². The average molecular weight is 438 g/mol. The van der Waals surface area contributed by atoms with Crippen LogP contribution in [-0.2, 0) is 9.59 Å². The lowest BCUT2D eigenvalue weighted by Crippen LogP contribution is -2.38. The molecule has 156 valence electrons. The number of hydrogen-bond donors (Lipinski definition) is 1. The van der Waals surface area contributed by atoms with Crippen LogP contribution in [0.15, 0.2) is 48.5 Å². The minimum absolute atomic E-state index is 0. The molecule has 2 amide bonds. The van der Waals surface area contributed by atoms with E-state index in [9.17, 15) is 14.4 Å². The minimum Gasteiger partial charge on any atom is -0.359 e. The van der Waals surface area contributed by atoms with Gasteiger partial charge in [0.2, 0.25) is 11.8 Å². The topological polar surface area (TPSA) is 69.7 Å². The zero-order valence-electron chi connectivity index (χ0n) is 16.6. The van der Waals surface area contributed by atoms with Gasteiger partial charge in [0.05, 0.1) is 12.2 Å². The number of likely N-dealkylation sites (N-methyl/N-ethyl adjacent to an activating group) is 2. The Balaban J connectivity index is 0.00000420. The molecule has 8 heteroatoms. The second-order valence-electron chi connectivity index (χ2n) is 6.47.